The molecule has 0 amide bonds. The highest BCUT2D eigenvalue weighted by Gasteiger charge is 2.11. The number of carbonyl (C=O) groups is 4. The summed E-state index contributed by atoms with van der Waals surface area (Å²) in [4.78, 5) is 46.5. The number of hydrogen-bond donors (Lipinski definition) is 5. The molecule has 13 nitrogen and oxygen atoms in total. The van der Waals surface area contributed by atoms with Crippen LogP contribution < -0.4 is 5.73 Å². The van der Waals surface area contributed by atoms with Crippen LogP contribution in [0.15, 0.2) is 67.3 Å². The van der Waals surface area contributed by atoms with Crippen LogP contribution in [0.5, 0.6) is 0 Å². The molecule has 6 N–H and O–H groups in total. The second-order valence-electron chi connectivity index (χ2n) is 6.72. The van der Waals surface area contributed by atoms with Gasteiger partial charge in [0.1, 0.15) is 5.69 Å². The van der Waals surface area contributed by atoms with Gasteiger partial charge in [-0.25, -0.2) is 19.2 Å². The Kier molecular flexibility index (Phi) is 12.8. The molecule has 3 rings (SSSR count). The maximum Gasteiger partial charge on any atom is 0.328 e. The van der Waals surface area contributed by atoms with E-state index in [1.54, 1.807) is 18.6 Å². The first-order valence-electron chi connectivity index (χ1n) is 10.3. The molecule has 36 heavy (non-hydrogen) atoms. The van der Waals surface area contributed by atoms with E-state index in [1.807, 2.05) is 29.1 Å². The average Bonchev–Trinajstić information content (AvgIpc) is 3.22. The van der Waals surface area contributed by atoms with Crippen molar-refractivity contribution in [1.82, 2.24) is 19.7 Å². The summed E-state index contributed by atoms with van der Waals surface area (Å²) in [5.41, 5.74) is 8.70. The van der Waals surface area contributed by atoms with Crippen LogP contribution >= 0.6 is 0 Å². The van der Waals surface area contributed by atoms with Crippen molar-refractivity contribution in [3.05, 3.63) is 67.3 Å². The maximum atomic E-state index is 9.55. The molecule has 0 saturated carbocycles. The lowest BCUT2D eigenvalue weighted by atomic mass is 10.1. The largest absolute Gasteiger partial charge is 0.478 e. The van der Waals surface area contributed by atoms with Crippen molar-refractivity contribution < 1.29 is 39.6 Å². The third-order valence-electron chi connectivity index (χ3n) is 4.07. The van der Waals surface area contributed by atoms with E-state index in [4.69, 9.17) is 31.3 Å². The number of fused-ring (bicyclic) bond motifs is 1. The Hall–Kier alpha value is -4.91. The van der Waals surface area contributed by atoms with Crippen LogP contribution in [0.2, 0.25) is 0 Å². The minimum absolute atomic E-state index is 0.558. The predicted octanol–water partition coefficient (Wildman–Crippen LogP) is 1.66. The molecular weight excluding hydrogens is 474 g/mol. The Balaban J connectivity index is 0.000000337. The van der Waals surface area contributed by atoms with E-state index in [0.29, 0.717) is 24.3 Å². The number of carboxylic acids is 4. The molecule has 3 aromatic heterocycles. The molecule has 0 spiro atoms. The van der Waals surface area contributed by atoms with Crippen LogP contribution in [0.25, 0.3) is 22.2 Å². The van der Waals surface area contributed by atoms with E-state index in [1.165, 1.54) is 0 Å². The second-order valence-corrected chi connectivity index (χ2v) is 6.72. The number of aryl methyl sites for hydroxylation is 1. The molecule has 190 valence electrons. The Labute approximate surface area is 204 Å². The number of carboxylic acid groups (broad SMARTS) is 4. The van der Waals surface area contributed by atoms with Gasteiger partial charge in [-0.05, 0) is 37.6 Å². The smallest absolute Gasteiger partial charge is 0.328 e. The lowest BCUT2D eigenvalue weighted by Gasteiger charge is -2.01. The summed E-state index contributed by atoms with van der Waals surface area (Å²) in [6.07, 6.45) is 11.5. The standard InChI is InChI=1S/C15H17N5.2C4H4O4/c16-6-1-2-10-20-14-5-9-18-11-13(14)15(19-20)12-3-7-17-8-4-12;2*5-3(6)1-2-4(7)8/h3-5,7-9,11H,1-2,6,10,16H2;2*1-2H,(H,5,6)(H,7,8)/b;2*2-1-. The zero-order valence-corrected chi connectivity index (χ0v) is 19.0. The first-order chi connectivity index (χ1) is 17.1. The van der Waals surface area contributed by atoms with Crippen LogP contribution in [0.4, 0.5) is 0 Å². The van der Waals surface area contributed by atoms with E-state index in [-0.39, 0.29) is 0 Å². The van der Waals surface area contributed by atoms with Crippen LogP contribution in [0, 0.1) is 0 Å². The van der Waals surface area contributed by atoms with E-state index in [9.17, 15) is 19.2 Å². The van der Waals surface area contributed by atoms with E-state index < -0.39 is 23.9 Å². The van der Waals surface area contributed by atoms with E-state index in [0.717, 1.165) is 48.1 Å². The average molecular weight is 499 g/mol. The summed E-state index contributed by atoms with van der Waals surface area (Å²) in [5, 5.41) is 37.1. The number of nitrogens with two attached hydrogens (primary N) is 1. The minimum Gasteiger partial charge on any atom is -0.478 e. The third-order valence-corrected chi connectivity index (χ3v) is 4.07. The van der Waals surface area contributed by atoms with E-state index in [2.05, 4.69) is 9.97 Å². The highest BCUT2D eigenvalue weighted by molar-refractivity contribution is 5.92. The van der Waals surface area contributed by atoms with Gasteiger partial charge in [0, 0.05) is 66.6 Å². The van der Waals surface area contributed by atoms with Crippen molar-refractivity contribution in [3.63, 3.8) is 0 Å². The molecule has 0 saturated heterocycles. The second kappa shape index (κ2) is 15.8. The van der Waals surface area contributed by atoms with Gasteiger partial charge in [0.15, 0.2) is 0 Å². The summed E-state index contributed by atoms with van der Waals surface area (Å²) in [6, 6.07) is 5.95. The van der Waals surface area contributed by atoms with Crippen molar-refractivity contribution in [2.75, 3.05) is 6.54 Å². The van der Waals surface area contributed by atoms with Gasteiger partial charge in [0.05, 0.1) is 5.52 Å². The highest BCUT2D eigenvalue weighted by Crippen LogP contribution is 2.26. The van der Waals surface area contributed by atoms with Crippen LogP contribution in [-0.2, 0) is 25.7 Å². The number of aromatic nitrogens is 4. The molecule has 0 aliphatic rings. The number of nitrogens with zero attached hydrogens (tertiary/aromatic N) is 4. The minimum atomic E-state index is -1.26. The maximum absolute atomic E-state index is 9.55. The molecule has 0 unspecified atom stereocenters. The molecule has 0 radical (unpaired) electrons. The van der Waals surface area contributed by atoms with Crippen LogP contribution in [-0.4, -0.2) is 70.6 Å². The number of rotatable bonds is 9. The van der Waals surface area contributed by atoms with Gasteiger partial charge in [-0.3, -0.25) is 14.6 Å². The van der Waals surface area contributed by atoms with Crippen LogP contribution in [0.1, 0.15) is 12.8 Å². The van der Waals surface area contributed by atoms with Gasteiger partial charge in [0.2, 0.25) is 0 Å². The Morgan fingerprint density at radius 3 is 1.75 bits per heavy atom. The highest BCUT2D eigenvalue weighted by atomic mass is 16.4. The van der Waals surface area contributed by atoms with Gasteiger partial charge in [0.25, 0.3) is 0 Å². The fourth-order valence-electron chi connectivity index (χ4n) is 2.61. The Morgan fingerprint density at radius 2 is 1.28 bits per heavy atom. The molecular formula is C23H25N5O8. The van der Waals surface area contributed by atoms with Crippen molar-refractivity contribution in [1.29, 1.82) is 0 Å². The molecule has 3 heterocycles. The number of unbranched alkanes of at least 4 members (excludes halogenated alkanes) is 1. The molecule has 13 heteroatoms. The molecule has 0 fully saturated rings. The fraction of sp³-hybridized carbons (Fsp3) is 0.174. The number of pyridine rings is 2. The number of aliphatic carboxylic acids is 4. The zero-order valence-electron chi connectivity index (χ0n) is 19.0. The lowest BCUT2D eigenvalue weighted by Crippen LogP contribution is -2.04. The van der Waals surface area contributed by atoms with Gasteiger partial charge < -0.3 is 26.2 Å². The summed E-state index contributed by atoms with van der Waals surface area (Å²) >= 11 is 0. The quantitative estimate of drug-likeness (QED) is 0.210. The third kappa shape index (κ3) is 11.3. The van der Waals surface area contributed by atoms with E-state index >= 15 is 0 Å². The topological polar surface area (TPSA) is 219 Å². The van der Waals surface area contributed by atoms with Gasteiger partial charge in [-0.2, -0.15) is 5.10 Å². The zero-order chi connectivity index (χ0) is 26.9. The number of hydrogen-bond acceptors (Lipinski definition) is 8. The summed E-state index contributed by atoms with van der Waals surface area (Å²) < 4.78 is 2.04. The van der Waals surface area contributed by atoms with Crippen molar-refractivity contribution in [2.24, 2.45) is 5.73 Å². The molecule has 0 aliphatic heterocycles. The molecule has 0 aromatic carbocycles. The first kappa shape index (κ1) is 29.1. The Bertz CT molecular complexity index is 1160. The molecule has 0 aliphatic carbocycles. The van der Waals surface area contributed by atoms with Crippen molar-refractivity contribution >= 4 is 34.8 Å². The monoisotopic (exact) mass is 499 g/mol. The first-order valence-corrected chi connectivity index (χ1v) is 10.3. The molecule has 0 atom stereocenters. The molecule has 0 bridgehead atoms. The van der Waals surface area contributed by atoms with Crippen LogP contribution in [0.3, 0.4) is 0 Å². The molecule has 3 aromatic rings. The lowest BCUT2D eigenvalue weighted by molar-refractivity contribution is -0.134. The van der Waals surface area contributed by atoms with Crippen molar-refractivity contribution in [2.45, 2.75) is 19.4 Å². The predicted molar refractivity (Wildman–Crippen MR) is 128 cm³/mol. The van der Waals surface area contributed by atoms with Gasteiger partial charge in [-0.15, -0.1) is 0 Å². The summed E-state index contributed by atoms with van der Waals surface area (Å²) in [6.45, 7) is 1.60. The Morgan fingerprint density at radius 1 is 0.778 bits per heavy atom. The van der Waals surface area contributed by atoms with Crippen molar-refractivity contribution in [3.8, 4) is 11.3 Å². The summed E-state index contributed by atoms with van der Waals surface area (Å²) in [5.74, 6) is -5.03. The van der Waals surface area contributed by atoms with Gasteiger partial charge >= 0.3 is 23.9 Å². The van der Waals surface area contributed by atoms with Gasteiger partial charge in [-0.1, -0.05) is 0 Å². The fourth-order valence-corrected chi connectivity index (χ4v) is 2.61. The summed E-state index contributed by atoms with van der Waals surface area (Å²) in [7, 11) is 0. The normalized spacial score (nSPS) is 10.4. The SMILES string of the molecule is NCCCCn1nc(-c2ccncc2)c2cnccc21.O=C(O)/C=C\C(=O)O.O=C(O)/C=C\C(=O)O.